The molecule has 3 nitrogen and oxygen atoms in total. The molecule has 0 atom stereocenters. The fraction of sp³-hybridized carbons (Fsp3) is 0.533. The molecule has 0 spiro atoms. The van der Waals surface area contributed by atoms with Crippen LogP contribution in [0.15, 0.2) is 18.2 Å². The summed E-state index contributed by atoms with van der Waals surface area (Å²) in [4.78, 5) is 11.6. The molecule has 1 aromatic rings. The summed E-state index contributed by atoms with van der Waals surface area (Å²) in [5.41, 5.74) is 0.402. The molecule has 0 radical (unpaired) electrons. The van der Waals surface area contributed by atoms with E-state index in [-0.39, 0.29) is 24.0 Å². The van der Waals surface area contributed by atoms with Gasteiger partial charge < -0.3 is 10.6 Å². The summed E-state index contributed by atoms with van der Waals surface area (Å²) < 4.78 is 13.6. The summed E-state index contributed by atoms with van der Waals surface area (Å²) in [7, 11) is 0. The lowest BCUT2D eigenvalue weighted by Crippen LogP contribution is -2.38. The quantitative estimate of drug-likeness (QED) is 0.848. The Hall–Kier alpha value is -1.13. The maximum absolute atomic E-state index is 13.6. The van der Waals surface area contributed by atoms with Crippen molar-refractivity contribution in [2.45, 2.75) is 26.3 Å². The minimum atomic E-state index is -0.467. The van der Waals surface area contributed by atoms with Crippen molar-refractivity contribution in [1.82, 2.24) is 10.6 Å². The third kappa shape index (κ3) is 4.18. The first-order valence-corrected chi connectivity index (χ1v) is 7.34. The van der Waals surface area contributed by atoms with Gasteiger partial charge in [0.1, 0.15) is 5.82 Å². The number of nitrogens with one attached hydrogen (secondary N) is 2. The third-order valence-corrected chi connectivity index (χ3v) is 3.99. The third-order valence-electron chi connectivity index (χ3n) is 3.70. The zero-order valence-electron chi connectivity index (χ0n) is 11.6. The smallest absolute Gasteiger partial charge is 0.234 e. The predicted octanol–water partition coefficient (Wildman–Crippen LogP) is 2.73. The van der Waals surface area contributed by atoms with Crippen molar-refractivity contribution in [3.8, 4) is 0 Å². The molecule has 0 aromatic heterocycles. The van der Waals surface area contributed by atoms with Gasteiger partial charge in [-0.15, -0.1) is 0 Å². The van der Waals surface area contributed by atoms with Crippen LogP contribution in [0.1, 0.15) is 25.3 Å². The van der Waals surface area contributed by atoms with Gasteiger partial charge in [-0.2, -0.15) is 0 Å². The van der Waals surface area contributed by atoms with Gasteiger partial charge in [-0.3, -0.25) is 4.79 Å². The molecule has 0 saturated heterocycles. The maximum atomic E-state index is 13.6. The lowest BCUT2D eigenvalue weighted by molar-refractivity contribution is -0.120. The highest BCUT2D eigenvalue weighted by atomic mass is 35.5. The van der Waals surface area contributed by atoms with Gasteiger partial charge in [0, 0.05) is 12.1 Å². The Morgan fingerprint density at radius 3 is 2.90 bits per heavy atom. The molecule has 1 aliphatic rings. The van der Waals surface area contributed by atoms with Crippen LogP contribution in [0, 0.1) is 17.7 Å². The minimum absolute atomic E-state index is 0.0778. The molecule has 110 valence electrons. The number of hydrogen-bond donors (Lipinski definition) is 2. The topological polar surface area (TPSA) is 41.1 Å². The van der Waals surface area contributed by atoms with Crippen LogP contribution in [0.4, 0.5) is 4.39 Å². The molecule has 1 amide bonds. The number of rotatable bonds is 6. The second-order valence-corrected chi connectivity index (χ2v) is 5.97. The first-order valence-electron chi connectivity index (χ1n) is 6.96. The van der Waals surface area contributed by atoms with Gasteiger partial charge in [0.25, 0.3) is 0 Å². The van der Waals surface area contributed by atoms with Crippen molar-refractivity contribution in [1.29, 1.82) is 0 Å². The van der Waals surface area contributed by atoms with E-state index in [0.717, 1.165) is 12.5 Å². The summed E-state index contributed by atoms with van der Waals surface area (Å²) in [6.07, 6.45) is 2.48. The Kier molecular flexibility index (Phi) is 5.38. The molecular weight excluding hydrogens is 279 g/mol. The van der Waals surface area contributed by atoms with Crippen molar-refractivity contribution in [2.75, 3.05) is 13.1 Å². The second kappa shape index (κ2) is 7.04. The van der Waals surface area contributed by atoms with Crippen LogP contribution >= 0.6 is 11.6 Å². The highest BCUT2D eigenvalue weighted by Crippen LogP contribution is 2.32. The monoisotopic (exact) mass is 298 g/mol. The standard InChI is InChI=1S/C15H20ClFN2O/c1-10-5-11(6-10)7-18-9-14(20)19-8-12-3-2-4-13(16)15(12)17/h2-4,10-11,18H,5-9H2,1H3,(H,19,20). The molecular formula is C15H20ClFN2O. The van der Waals surface area contributed by atoms with Gasteiger partial charge in [0.15, 0.2) is 0 Å². The van der Waals surface area contributed by atoms with Gasteiger partial charge in [0.05, 0.1) is 11.6 Å². The van der Waals surface area contributed by atoms with Crippen LogP contribution in [0.2, 0.25) is 5.02 Å². The van der Waals surface area contributed by atoms with Crippen molar-refractivity contribution < 1.29 is 9.18 Å². The van der Waals surface area contributed by atoms with E-state index in [9.17, 15) is 9.18 Å². The van der Waals surface area contributed by atoms with Crippen LogP contribution in [-0.4, -0.2) is 19.0 Å². The summed E-state index contributed by atoms with van der Waals surface area (Å²) in [6.45, 7) is 3.55. The number of benzene rings is 1. The van der Waals surface area contributed by atoms with E-state index in [1.807, 2.05) is 0 Å². The zero-order chi connectivity index (χ0) is 14.5. The van der Waals surface area contributed by atoms with Gasteiger partial charge in [-0.1, -0.05) is 30.7 Å². The number of halogens is 2. The van der Waals surface area contributed by atoms with E-state index in [4.69, 9.17) is 11.6 Å². The number of amides is 1. The Morgan fingerprint density at radius 2 is 2.20 bits per heavy atom. The average molecular weight is 299 g/mol. The zero-order valence-corrected chi connectivity index (χ0v) is 12.3. The summed E-state index contributed by atoms with van der Waals surface area (Å²) in [5.74, 6) is 0.923. The van der Waals surface area contributed by atoms with Crippen LogP contribution in [0.3, 0.4) is 0 Å². The average Bonchev–Trinajstić information content (AvgIpc) is 2.38. The summed E-state index contributed by atoms with van der Waals surface area (Å²) >= 11 is 5.68. The molecule has 2 rings (SSSR count). The SMILES string of the molecule is CC1CC(CNCC(=O)NCc2cccc(Cl)c2F)C1. The van der Waals surface area contributed by atoms with Crippen molar-refractivity contribution >= 4 is 17.5 Å². The van der Waals surface area contributed by atoms with E-state index >= 15 is 0 Å². The molecule has 1 fully saturated rings. The Morgan fingerprint density at radius 1 is 1.45 bits per heavy atom. The number of carbonyl (C=O) groups is 1. The van der Waals surface area contributed by atoms with Crippen LogP contribution < -0.4 is 10.6 Å². The molecule has 0 unspecified atom stereocenters. The predicted molar refractivity (Wildman–Crippen MR) is 78.0 cm³/mol. The molecule has 1 aliphatic carbocycles. The van der Waals surface area contributed by atoms with E-state index in [1.54, 1.807) is 12.1 Å². The Labute approximate surface area is 123 Å². The molecule has 1 aromatic carbocycles. The first-order chi connectivity index (χ1) is 9.56. The Bertz CT molecular complexity index is 475. The highest BCUT2D eigenvalue weighted by Gasteiger charge is 2.24. The first kappa shape index (κ1) is 15.3. The van der Waals surface area contributed by atoms with Crippen molar-refractivity contribution in [3.63, 3.8) is 0 Å². The number of hydrogen-bond acceptors (Lipinski definition) is 2. The molecule has 20 heavy (non-hydrogen) atoms. The van der Waals surface area contributed by atoms with Crippen LogP contribution in [0.5, 0.6) is 0 Å². The molecule has 1 saturated carbocycles. The van der Waals surface area contributed by atoms with Crippen molar-refractivity contribution in [2.24, 2.45) is 11.8 Å². The number of carbonyl (C=O) groups excluding carboxylic acids is 1. The van der Waals surface area contributed by atoms with Gasteiger partial charge in [0.2, 0.25) is 5.91 Å². The second-order valence-electron chi connectivity index (χ2n) is 5.56. The fourth-order valence-corrected chi connectivity index (χ4v) is 2.76. The van der Waals surface area contributed by atoms with Crippen LogP contribution in [0.25, 0.3) is 0 Å². The van der Waals surface area contributed by atoms with Gasteiger partial charge >= 0.3 is 0 Å². The molecule has 0 aliphatic heterocycles. The molecule has 0 bridgehead atoms. The fourth-order valence-electron chi connectivity index (χ4n) is 2.57. The molecule has 2 N–H and O–H groups in total. The van der Waals surface area contributed by atoms with E-state index < -0.39 is 5.82 Å². The molecule has 0 heterocycles. The van der Waals surface area contributed by atoms with E-state index in [1.165, 1.54) is 18.9 Å². The van der Waals surface area contributed by atoms with E-state index in [2.05, 4.69) is 17.6 Å². The largest absolute Gasteiger partial charge is 0.351 e. The van der Waals surface area contributed by atoms with Crippen molar-refractivity contribution in [3.05, 3.63) is 34.6 Å². The molecule has 5 heteroatoms. The van der Waals surface area contributed by atoms with Gasteiger partial charge in [-0.05, 0) is 37.3 Å². The van der Waals surface area contributed by atoms with Crippen LogP contribution in [-0.2, 0) is 11.3 Å². The Balaban J connectivity index is 1.66. The highest BCUT2D eigenvalue weighted by molar-refractivity contribution is 6.30. The summed E-state index contributed by atoms with van der Waals surface area (Å²) in [6, 6.07) is 4.77. The lowest BCUT2D eigenvalue weighted by atomic mass is 9.76. The van der Waals surface area contributed by atoms with Gasteiger partial charge in [-0.25, -0.2) is 4.39 Å². The van der Waals surface area contributed by atoms with E-state index in [0.29, 0.717) is 11.5 Å². The summed E-state index contributed by atoms with van der Waals surface area (Å²) in [5, 5.41) is 5.90. The maximum Gasteiger partial charge on any atom is 0.234 e. The minimum Gasteiger partial charge on any atom is -0.351 e. The normalized spacial score (nSPS) is 21.4. The lowest BCUT2D eigenvalue weighted by Gasteiger charge is -2.32.